The maximum atomic E-state index is 14.2. The third-order valence-electron chi connectivity index (χ3n) is 5.19. The van der Waals surface area contributed by atoms with Crippen LogP contribution in [0.1, 0.15) is 33.6 Å². The average molecular weight is 418 g/mol. The molecule has 0 bridgehead atoms. The number of fused-ring (bicyclic) bond motifs is 3. The molecule has 160 valence electrons. The second-order valence-electron chi connectivity index (χ2n) is 8.49. The zero-order chi connectivity index (χ0) is 21.6. The van der Waals surface area contributed by atoms with Crippen LogP contribution in [0.2, 0.25) is 0 Å². The van der Waals surface area contributed by atoms with Crippen LogP contribution in [0.25, 0.3) is 11.3 Å². The van der Waals surface area contributed by atoms with E-state index in [9.17, 15) is 13.6 Å². The number of rotatable bonds is 2. The monoisotopic (exact) mass is 418 g/mol. The van der Waals surface area contributed by atoms with Crippen LogP contribution in [-0.4, -0.2) is 48.1 Å². The first-order chi connectivity index (χ1) is 14.2. The largest absolute Gasteiger partial charge is 0.493 e. The summed E-state index contributed by atoms with van der Waals surface area (Å²) in [6, 6.07) is 3.74. The van der Waals surface area contributed by atoms with Crippen LogP contribution in [0.5, 0.6) is 5.75 Å². The van der Waals surface area contributed by atoms with E-state index in [1.807, 2.05) is 0 Å². The van der Waals surface area contributed by atoms with Gasteiger partial charge in [-0.2, -0.15) is 0 Å². The van der Waals surface area contributed by atoms with Gasteiger partial charge in [0.2, 0.25) is 0 Å². The molecule has 0 unspecified atom stereocenters. The molecule has 0 radical (unpaired) electrons. The zero-order valence-electron chi connectivity index (χ0n) is 17.4. The molecule has 4 rings (SSSR count). The van der Waals surface area contributed by atoms with Crippen molar-refractivity contribution < 1.29 is 23.0 Å². The van der Waals surface area contributed by atoms with Crippen LogP contribution in [-0.2, 0) is 4.74 Å². The van der Waals surface area contributed by atoms with E-state index in [1.54, 1.807) is 26.8 Å². The van der Waals surface area contributed by atoms with Gasteiger partial charge in [-0.3, -0.25) is 4.90 Å². The van der Waals surface area contributed by atoms with Gasteiger partial charge in [-0.1, -0.05) is 0 Å². The maximum absolute atomic E-state index is 14.2. The number of carbonyl (C=O) groups is 1. The number of carbonyl (C=O) groups excluding carboxylic acids is 1. The number of anilines is 2. The summed E-state index contributed by atoms with van der Waals surface area (Å²) in [4.78, 5) is 16.5. The summed E-state index contributed by atoms with van der Waals surface area (Å²) in [6.07, 6.45) is 1.41. The maximum Gasteiger partial charge on any atom is 0.416 e. The van der Waals surface area contributed by atoms with Gasteiger partial charge in [0.25, 0.3) is 0 Å². The smallest absolute Gasteiger partial charge is 0.416 e. The van der Waals surface area contributed by atoms with Crippen molar-refractivity contribution in [1.82, 2.24) is 10.2 Å². The highest BCUT2D eigenvalue weighted by Crippen LogP contribution is 2.41. The van der Waals surface area contributed by atoms with Gasteiger partial charge < -0.3 is 14.4 Å². The lowest BCUT2D eigenvalue weighted by molar-refractivity contribution is 0.0575. The number of methoxy groups -OCH3 is 1. The minimum absolute atomic E-state index is 0.108. The molecular weight excluding hydrogens is 394 g/mol. The van der Waals surface area contributed by atoms with Crippen LogP contribution < -0.4 is 14.5 Å². The Kier molecular flexibility index (Phi) is 4.99. The van der Waals surface area contributed by atoms with Crippen LogP contribution >= 0.6 is 0 Å². The quantitative estimate of drug-likeness (QED) is 0.730. The Hall–Kier alpha value is -2.97. The van der Waals surface area contributed by atoms with Gasteiger partial charge in [-0.25, -0.2) is 13.6 Å². The standard InChI is InChI=1S/C21H24F2N4O3/c1-21(2,3)30-20(28)27-11-13-6-5-7-26(13)17-10-16(24-25-19(17)27)14-8-12(22)9-15(23)18(14)29-4/h8-10,13H,5-7,11H2,1-4H3/t13-/m1/s1. The summed E-state index contributed by atoms with van der Waals surface area (Å²) in [6.45, 7) is 6.67. The van der Waals surface area contributed by atoms with Crippen molar-refractivity contribution in [3.8, 4) is 17.0 Å². The van der Waals surface area contributed by atoms with E-state index in [0.29, 0.717) is 18.1 Å². The summed E-state index contributed by atoms with van der Waals surface area (Å²) in [5, 5.41) is 8.41. The lowest BCUT2D eigenvalue weighted by Crippen LogP contribution is -2.50. The lowest BCUT2D eigenvalue weighted by Gasteiger charge is -2.39. The minimum Gasteiger partial charge on any atom is -0.493 e. The molecule has 1 aromatic heterocycles. The third kappa shape index (κ3) is 3.64. The molecule has 1 fully saturated rings. The molecule has 0 N–H and O–H groups in total. The Morgan fingerprint density at radius 2 is 1.97 bits per heavy atom. The molecular formula is C21H24F2N4O3. The zero-order valence-corrected chi connectivity index (χ0v) is 17.4. The first-order valence-corrected chi connectivity index (χ1v) is 9.86. The van der Waals surface area contributed by atoms with E-state index in [4.69, 9.17) is 9.47 Å². The number of benzene rings is 1. The highest BCUT2D eigenvalue weighted by molar-refractivity contribution is 5.93. The number of hydrogen-bond donors (Lipinski definition) is 0. The van der Waals surface area contributed by atoms with Crippen molar-refractivity contribution in [3.63, 3.8) is 0 Å². The van der Waals surface area contributed by atoms with Gasteiger partial charge in [0.05, 0.1) is 30.6 Å². The topological polar surface area (TPSA) is 67.8 Å². The molecule has 1 amide bonds. The summed E-state index contributed by atoms with van der Waals surface area (Å²) in [5.41, 5.74) is 0.464. The molecule has 2 aromatic rings. The first kappa shape index (κ1) is 20.3. The fourth-order valence-electron chi connectivity index (χ4n) is 3.99. The highest BCUT2D eigenvalue weighted by atomic mass is 19.1. The Bertz CT molecular complexity index is 993. The molecule has 9 heteroatoms. The number of hydrogen-bond acceptors (Lipinski definition) is 6. The molecule has 0 aliphatic carbocycles. The summed E-state index contributed by atoms with van der Waals surface area (Å²) >= 11 is 0. The van der Waals surface area contributed by atoms with Crippen molar-refractivity contribution in [2.24, 2.45) is 0 Å². The normalized spacial score (nSPS) is 18.1. The highest BCUT2D eigenvalue weighted by Gasteiger charge is 2.39. The summed E-state index contributed by atoms with van der Waals surface area (Å²) < 4.78 is 38.7. The van der Waals surface area contributed by atoms with Crippen LogP contribution in [0.4, 0.5) is 25.1 Å². The van der Waals surface area contributed by atoms with Gasteiger partial charge in [-0.05, 0) is 45.7 Å². The Balaban J connectivity index is 1.80. The number of halogens is 2. The van der Waals surface area contributed by atoms with E-state index >= 15 is 0 Å². The number of aromatic nitrogens is 2. The number of nitrogens with zero attached hydrogens (tertiary/aromatic N) is 4. The van der Waals surface area contributed by atoms with Crippen molar-refractivity contribution >= 4 is 17.6 Å². The molecule has 7 nitrogen and oxygen atoms in total. The van der Waals surface area contributed by atoms with Gasteiger partial charge in [0.15, 0.2) is 17.4 Å². The molecule has 3 heterocycles. The fourth-order valence-corrected chi connectivity index (χ4v) is 3.99. The molecule has 1 saturated heterocycles. The second kappa shape index (κ2) is 7.37. The van der Waals surface area contributed by atoms with Gasteiger partial charge in [-0.15, -0.1) is 10.2 Å². The average Bonchev–Trinajstić information content (AvgIpc) is 3.14. The third-order valence-corrected chi connectivity index (χ3v) is 5.19. The molecule has 0 saturated carbocycles. The molecule has 2 aliphatic heterocycles. The van der Waals surface area contributed by atoms with Crippen LogP contribution in [0, 0.1) is 11.6 Å². The minimum atomic E-state index is -0.818. The van der Waals surface area contributed by atoms with E-state index in [0.717, 1.165) is 31.5 Å². The first-order valence-electron chi connectivity index (χ1n) is 9.86. The molecule has 2 aliphatic rings. The van der Waals surface area contributed by atoms with E-state index in [-0.39, 0.29) is 23.0 Å². The molecule has 0 spiro atoms. The lowest BCUT2D eigenvalue weighted by atomic mass is 10.1. The SMILES string of the molecule is COc1c(F)cc(F)cc1-c1cc2c(nn1)N(C(=O)OC(C)(C)C)C[C@H]1CCCN21. The van der Waals surface area contributed by atoms with Gasteiger partial charge in [0.1, 0.15) is 11.4 Å². The Morgan fingerprint density at radius 3 is 2.67 bits per heavy atom. The van der Waals surface area contributed by atoms with Crippen molar-refractivity contribution in [2.75, 3.05) is 30.0 Å². The van der Waals surface area contributed by atoms with E-state index in [2.05, 4.69) is 15.1 Å². The second-order valence-corrected chi connectivity index (χ2v) is 8.49. The fraction of sp³-hybridized carbons (Fsp3) is 0.476. The predicted molar refractivity (Wildman–Crippen MR) is 108 cm³/mol. The van der Waals surface area contributed by atoms with Crippen molar-refractivity contribution in [2.45, 2.75) is 45.3 Å². The van der Waals surface area contributed by atoms with Gasteiger partial charge in [0, 0.05) is 18.7 Å². The Morgan fingerprint density at radius 1 is 1.20 bits per heavy atom. The Labute approximate surface area is 173 Å². The predicted octanol–water partition coefficient (Wildman–Crippen LogP) is 4.15. The summed E-state index contributed by atoms with van der Waals surface area (Å²) in [7, 11) is 1.31. The number of ether oxygens (including phenoxy) is 2. The number of amides is 1. The summed E-state index contributed by atoms with van der Waals surface area (Å²) in [5.74, 6) is -1.29. The van der Waals surface area contributed by atoms with E-state index < -0.39 is 23.3 Å². The molecule has 30 heavy (non-hydrogen) atoms. The molecule has 1 atom stereocenters. The van der Waals surface area contributed by atoms with Gasteiger partial charge >= 0.3 is 6.09 Å². The molecule has 1 aromatic carbocycles. The van der Waals surface area contributed by atoms with Crippen molar-refractivity contribution in [3.05, 3.63) is 29.8 Å². The van der Waals surface area contributed by atoms with Crippen LogP contribution in [0.3, 0.4) is 0 Å². The van der Waals surface area contributed by atoms with Crippen LogP contribution in [0.15, 0.2) is 18.2 Å². The van der Waals surface area contributed by atoms with E-state index in [1.165, 1.54) is 12.0 Å². The van der Waals surface area contributed by atoms with Crippen molar-refractivity contribution in [1.29, 1.82) is 0 Å².